The highest BCUT2D eigenvalue weighted by molar-refractivity contribution is 8.00. The van der Waals surface area contributed by atoms with Gasteiger partial charge in [-0.05, 0) is 94.5 Å². The Balaban J connectivity index is 1.52. The maximum atomic E-state index is 13.4. The fraction of sp³-hybridized carbons (Fsp3) is 0.440. The Morgan fingerprint density at radius 2 is 1.78 bits per heavy atom. The summed E-state index contributed by atoms with van der Waals surface area (Å²) in [4.78, 5) is 48.1. The van der Waals surface area contributed by atoms with Gasteiger partial charge in [0.05, 0.1) is 24.1 Å². The van der Waals surface area contributed by atoms with Crippen LogP contribution >= 0.6 is 11.8 Å². The average Bonchev–Trinajstić information content (AvgIpc) is 2.99. The second-order valence-corrected chi connectivity index (χ2v) is 10.8. The molecule has 2 aliphatic rings. The number of thioether (sulfide) groups is 1. The maximum Gasteiger partial charge on any atom is 0.446 e. The molecule has 2 aliphatic heterocycles. The molecule has 2 fully saturated rings. The van der Waals surface area contributed by atoms with Crippen LogP contribution in [0.15, 0.2) is 47.6 Å². The molecular weight excluding hydrogens is 507 g/mol. The van der Waals surface area contributed by atoms with Gasteiger partial charge < -0.3 is 15.1 Å². The van der Waals surface area contributed by atoms with Crippen molar-refractivity contribution in [2.24, 2.45) is 5.92 Å². The van der Waals surface area contributed by atoms with E-state index in [1.165, 1.54) is 35.4 Å². The standard InChI is InChI=1S/C25H28F3N5O3S/c1-24(2)22(35)33(18-4-6-19(7-5-18)37-25(26,27)28)23(36)32(24)15-17-8-11-29-14-20(17)30-21(34)16-9-12-31(3)13-10-16/h4-8,11,14,16H,9-10,12-13,15H2,1-3H3,(H,30,34). The fourth-order valence-corrected chi connectivity index (χ4v) is 5.01. The van der Waals surface area contributed by atoms with E-state index in [1.807, 2.05) is 7.05 Å². The van der Waals surface area contributed by atoms with Crippen LogP contribution in [-0.4, -0.2) is 63.8 Å². The highest BCUT2D eigenvalue weighted by Crippen LogP contribution is 2.39. The van der Waals surface area contributed by atoms with Crippen LogP contribution < -0.4 is 10.2 Å². The number of benzene rings is 1. The first kappa shape index (κ1) is 26.9. The van der Waals surface area contributed by atoms with Crippen molar-refractivity contribution in [3.63, 3.8) is 0 Å². The maximum absolute atomic E-state index is 13.4. The predicted octanol–water partition coefficient (Wildman–Crippen LogP) is 4.72. The molecule has 3 heterocycles. The highest BCUT2D eigenvalue weighted by atomic mass is 32.2. The Kier molecular flexibility index (Phi) is 7.52. The van der Waals surface area contributed by atoms with Gasteiger partial charge in [0.1, 0.15) is 5.54 Å². The first-order valence-corrected chi connectivity index (χ1v) is 12.6. The second kappa shape index (κ2) is 10.3. The van der Waals surface area contributed by atoms with Gasteiger partial charge in [0.2, 0.25) is 5.91 Å². The Morgan fingerprint density at radius 3 is 2.41 bits per heavy atom. The summed E-state index contributed by atoms with van der Waals surface area (Å²) in [5.41, 5.74) is -4.40. The second-order valence-electron chi connectivity index (χ2n) is 9.71. The summed E-state index contributed by atoms with van der Waals surface area (Å²) in [6.45, 7) is 4.92. The number of likely N-dealkylation sites (tertiary alicyclic amines) is 1. The fourth-order valence-electron chi connectivity index (χ4n) is 4.48. The number of piperidine rings is 1. The van der Waals surface area contributed by atoms with Gasteiger partial charge in [-0.15, -0.1) is 0 Å². The quantitative estimate of drug-likeness (QED) is 0.426. The molecule has 0 saturated carbocycles. The topological polar surface area (TPSA) is 85.8 Å². The van der Waals surface area contributed by atoms with Crippen LogP contribution in [0.1, 0.15) is 32.3 Å². The van der Waals surface area contributed by atoms with E-state index < -0.39 is 23.0 Å². The van der Waals surface area contributed by atoms with E-state index in [0.717, 1.165) is 30.8 Å². The number of nitrogens with zero attached hydrogens (tertiary/aromatic N) is 4. The van der Waals surface area contributed by atoms with Crippen molar-refractivity contribution in [3.05, 3.63) is 48.3 Å². The summed E-state index contributed by atoms with van der Waals surface area (Å²) in [6.07, 6.45) is 4.57. The molecule has 0 spiro atoms. The summed E-state index contributed by atoms with van der Waals surface area (Å²) in [5, 5.41) is 2.94. The average molecular weight is 536 g/mol. The number of rotatable bonds is 6. The third-order valence-electron chi connectivity index (χ3n) is 6.74. The molecule has 0 bridgehead atoms. The Bertz CT molecular complexity index is 1180. The molecule has 2 saturated heterocycles. The molecule has 2 aromatic rings. The van der Waals surface area contributed by atoms with Gasteiger partial charge in [0.15, 0.2) is 0 Å². The number of imide groups is 1. The van der Waals surface area contributed by atoms with E-state index in [2.05, 4.69) is 15.2 Å². The van der Waals surface area contributed by atoms with Gasteiger partial charge in [-0.3, -0.25) is 14.6 Å². The lowest BCUT2D eigenvalue weighted by atomic mass is 9.96. The minimum absolute atomic E-state index is 0.0294. The lowest BCUT2D eigenvalue weighted by molar-refractivity contribution is -0.123. The molecule has 12 heteroatoms. The van der Waals surface area contributed by atoms with Crippen LogP contribution in [0, 0.1) is 5.92 Å². The number of anilines is 2. The summed E-state index contributed by atoms with van der Waals surface area (Å²) in [5.74, 6) is -0.728. The monoisotopic (exact) mass is 535 g/mol. The summed E-state index contributed by atoms with van der Waals surface area (Å²) in [6, 6.07) is 6.18. The number of carbonyl (C=O) groups excluding carboxylic acids is 3. The summed E-state index contributed by atoms with van der Waals surface area (Å²) < 4.78 is 38.0. The molecule has 1 aromatic heterocycles. The molecule has 4 amide bonds. The van der Waals surface area contributed by atoms with Crippen LogP contribution in [0.25, 0.3) is 0 Å². The van der Waals surface area contributed by atoms with Crippen LogP contribution in [0.5, 0.6) is 0 Å². The van der Waals surface area contributed by atoms with Crippen molar-refractivity contribution < 1.29 is 27.6 Å². The molecule has 198 valence electrons. The van der Waals surface area contributed by atoms with E-state index in [0.29, 0.717) is 11.3 Å². The molecule has 1 N–H and O–H groups in total. The SMILES string of the molecule is CN1CCC(C(=O)Nc2cnccc2CN2C(=O)N(c3ccc(SC(F)(F)F)cc3)C(=O)C2(C)C)CC1. The van der Waals surface area contributed by atoms with Crippen LogP contribution in [-0.2, 0) is 16.1 Å². The van der Waals surface area contributed by atoms with E-state index in [9.17, 15) is 27.6 Å². The predicted molar refractivity (Wildman–Crippen MR) is 134 cm³/mol. The zero-order valence-corrected chi connectivity index (χ0v) is 21.5. The molecular formula is C25H28F3N5O3S. The number of aromatic nitrogens is 1. The van der Waals surface area contributed by atoms with E-state index >= 15 is 0 Å². The van der Waals surface area contributed by atoms with Crippen molar-refractivity contribution in [1.82, 2.24) is 14.8 Å². The van der Waals surface area contributed by atoms with E-state index in [-0.39, 0.29) is 40.7 Å². The Hall–Kier alpha value is -3.12. The van der Waals surface area contributed by atoms with Gasteiger partial charge in [0.25, 0.3) is 5.91 Å². The number of alkyl halides is 3. The number of urea groups is 1. The van der Waals surface area contributed by atoms with Crippen molar-refractivity contribution in [3.8, 4) is 0 Å². The van der Waals surface area contributed by atoms with Gasteiger partial charge in [-0.25, -0.2) is 9.69 Å². The number of amides is 4. The molecule has 0 aliphatic carbocycles. The van der Waals surface area contributed by atoms with Crippen LogP contribution in [0.2, 0.25) is 0 Å². The Morgan fingerprint density at radius 1 is 1.14 bits per heavy atom. The zero-order chi connectivity index (χ0) is 27.0. The number of pyridine rings is 1. The third-order valence-corrected chi connectivity index (χ3v) is 7.48. The lowest BCUT2D eigenvalue weighted by Gasteiger charge is -2.29. The number of nitrogens with one attached hydrogen (secondary N) is 1. The minimum atomic E-state index is -4.44. The number of hydrogen-bond donors (Lipinski definition) is 1. The molecule has 0 unspecified atom stereocenters. The lowest BCUT2D eigenvalue weighted by Crippen LogP contribution is -2.43. The van der Waals surface area contributed by atoms with Gasteiger partial charge in [-0.1, -0.05) is 0 Å². The molecule has 8 nitrogen and oxygen atoms in total. The summed E-state index contributed by atoms with van der Waals surface area (Å²) >= 11 is -0.269. The van der Waals surface area contributed by atoms with Gasteiger partial charge >= 0.3 is 11.5 Å². The molecule has 4 rings (SSSR count). The number of hydrogen-bond acceptors (Lipinski definition) is 6. The molecule has 0 radical (unpaired) electrons. The third kappa shape index (κ3) is 5.90. The molecule has 1 aromatic carbocycles. The number of halogens is 3. The van der Waals surface area contributed by atoms with Crippen molar-refractivity contribution in [2.45, 2.75) is 49.2 Å². The largest absolute Gasteiger partial charge is 0.446 e. The number of carbonyl (C=O) groups is 3. The van der Waals surface area contributed by atoms with Crippen LogP contribution in [0.3, 0.4) is 0 Å². The molecule has 0 atom stereocenters. The molecule has 37 heavy (non-hydrogen) atoms. The van der Waals surface area contributed by atoms with E-state index in [1.54, 1.807) is 26.1 Å². The normalized spacial score (nSPS) is 19.0. The first-order valence-electron chi connectivity index (χ1n) is 11.8. The van der Waals surface area contributed by atoms with Crippen molar-refractivity contribution >= 4 is 41.0 Å². The van der Waals surface area contributed by atoms with Gasteiger partial charge in [-0.2, -0.15) is 13.2 Å². The van der Waals surface area contributed by atoms with Crippen LogP contribution in [0.4, 0.5) is 29.3 Å². The van der Waals surface area contributed by atoms with Crippen molar-refractivity contribution in [1.29, 1.82) is 0 Å². The summed E-state index contributed by atoms with van der Waals surface area (Å²) in [7, 11) is 2.02. The Labute approximate surface area is 217 Å². The van der Waals surface area contributed by atoms with E-state index in [4.69, 9.17) is 0 Å². The van der Waals surface area contributed by atoms with Crippen molar-refractivity contribution in [2.75, 3.05) is 30.4 Å². The smallest absolute Gasteiger partial charge is 0.324 e. The van der Waals surface area contributed by atoms with Gasteiger partial charge in [0, 0.05) is 17.0 Å². The zero-order valence-electron chi connectivity index (χ0n) is 20.7. The minimum Gasteiger partial charge on any atom is -0.324 e. The highest BCUT2D eigenvalue weighted by Gasteiger charge is 2.52. The first-order chi connectivity index (χ1) is 17.4.